The Hall–Kier alpha value is -0.570. The van der Waals surface area contributed by atoms with Crippen molar-refractivity contribution < 1.29 is 4.79 Å². The summed E-state index contributed by atoms with van der Waals surface area (Å²) in [6.45, 7) is 2.03. The zero-order valence-electron chi connectivity index (χ0n) is 13.2. The fourth-order valence-corrected chi connectivity index (χ4v) is 6.11. The highest BCUT2D eigenvalue weighted by Crippen LogP contribution is 2.60. The number of nitrogens with one attached hydrogen (secondary N) is 2. The number of carbonyl (C=O) groups is 1. The molecule has 5 fully saturated rings. The van der Waals surface area contributed by atoms with E-state index in [-0.39, 0.29) is 5.41 Å². The second-order valence-electron chi connectivity index (χ2n) is 8.39. The first-order valence-electron chi connectivity index (χ1n) is 9.25. The van der Waals surface area contributed by atoms with Crippen LogP contribution < -0.4 is 10.6 Å². The van der Waals surface area contributed by atoms with Gasteiger partial charge in [0.2, 0.25) is 5.91 Å². The van der Waals surface area contributed by atoms with Gasteiger partial charge in [-0.05, 0) is 82.1 Å². The maximum atomic E-state index is 12.8. The molecule has 1 amide bonds. The number of amides is 1. The van der Waals surface area contributed by atoms with Crippen LogP contribution in [0, 0.1) is 23.2 Å². The minimum absolute atomic E-state index is 0.0365. The molecule has 3 heteroatoms. The molecule has 0 spiro atoms. The van der Waals surface area contributed by atoms with E-state index >= 15 is 0 Å². The predicted octanol–water partition coefficient (Wildman–Crippen LogP) is 2.85. The summed E-state index contributed by atoms with van der Waals surface area (Å²) in [7, 11) is 0. The van der Waals surface area contributed by atoms with Crippen LogP contribution in [0.15, 0.2) is 0 Å². The van der Waals surface area contributed by atoms with Gasteiger partial charge in [0.25, 0.3) is 0 Å². The second kappa shape index (κ2) is 5.57. The van der Waals surface area contributed by atoms with Gasteiger partial charge in [-0.2, -0.15) is 0 Å². The molecule has 2 N–H and O–H groups in total. The van der Waals surface area contributed by atoms with Gasteiger partial charge < -0.3 is 10.6 Å². The van der Waals surface area contributed by atoms with Gasteiger partial charge in [0.1, 0.15) is 0 Å². The SMILES string of the molecule is O=C(NCCC1CCCCN1)C12CC3CC(CC(C3)C1)C2. The number of piperidine rings is 1. The highest BCUT2D eigenvalue weighted by molar-refractivity contribution is 5.83. The van der Waals surface area contributed by atoms with E-state index in [1.165, 1.54) is 57.8 Å². The Labute approximate surface area is 128 Å². The molecule has 1 saturated heterocycles. The summed E-state index contributed by atoms with van der Waals surface area (Å²) >= 11 is 0. The lowest BCUT2D eigenvalue weighted by Crippen LogP contribution is -2.54. The van der Waals surface area contributed by atoms with Crippen LogP contribution in [0.1, 0.15) is 64.2 Å². The van der Waals surface area contributed by atoms with Crippen molar-refractivity contribution in [2.75, 3.05) is 13.1 Å². The molecule has 4 aliphatic carbocycles. The van der Waals surface area contributed by atoms with E-state index in [4.69, 9.17) is 0 Å². The van der Waals surface area contributed by atoms with Gasteiger partial charge in [-0.1, -0.05) is 6.42 Å². The Morgan fingerprint density at radius 3 is 2.29 bits per heavy atom. The molecule has 3 nitrogen and oxygen atoms in total. The minimum Gasteiger partial charge on any atom is -0.356 e. The van der Waals surface area contributed by atoms with Crippen molar-refractivity contribution in [2.45, 2.75) is 70.3 Å². The van der Waals surface area contributed by atoms with E-state index in [0.29, 0.717) is 11.9 Å². The maximum absolute atomic E-state index is 12.8. The lowest BCUT2D eigenvalue weighted by atomic mass is 9.49. The van der Waals surface area contributed by atoms with Crippen LogP contribution in [0.4, 0.5) is 0 Å². The zero-order valence-corrected chi connectivity index (χ0v) is 13.2. The molecule has 1 atom stereocenters. The molecule has 5 aliphatic rings. The van der Waals surface area contributed by atoms with E-state index in [9.17, 15) is 4.79 Å². The topological polar surface area (TPSA) is 41.1 Å². The molecule has 0 aromatic heterocycles. The van der Waals surface area contributed by atoms with Gasteiger partial charge in [-0.3, -0.25) is 4.79 Å². The Kier molecular flexibility index (Phi) is 3.72. The fourth-order valence-electron chi connectivity index (χ4n) is 6.11. The van der Waals surface area contributed by atoms with Crippen LogP contribution in [0.3, 0.4) is 0 Å². The molecule has 5 rings (SSSR count). The molecule has 1 heterocycles. The predicted molar refractivity (Wildman–Crippen MR) is 83.9 cm³/mol. The van der Waals surface area contributed by atoms with Crippen molar-refractivity contribution in [2.24, 2.45) is 23.2 Å². The van der Waals surface area contributed by atoms with Crippen LogP contribution in [-0.2, 0) is 4.79 Å². The molecular formula is C18H30N2O. The molecule has 118 valence electrons. The highest BCUT2D eigenvalue weighted by Gasteiger charge is 2.54. The van der Waals surface area contributed by atoms with Crippen LogP contribution in [-0.4, -0.2) is 25.0 Å². The molecule has 4 bridgehead atoms. The summed E-state index contributed by atoms with van der Waals surface area (Å²) in [6, 6.07) is 0.635. The van der Waals surface area contributed by atoms with Gasteiger partial charge in [-0.25, -0.2) is 0 Å². The van der Waals surface area contributed by atoms with Crippen LogP contribution in [0.5, 0.6) is 0 Å². The molecule has 21 heavy (non-hydrogen) atoms. The molecular weight excluding hydrogens is 260 g/mol. The van der Waals surface area contributed by atoms with Crippen molar-refractivity contribution in [3.63, 3.8) is 0 Å². The van der Waals surface area contributed by atoms with E-state index in [1.807, 2.05) is 0 Å². The van der Waals surface area contributed by atoms with E-state index in [2.05, 4.69) is 10.6 Å². The minimum atomic E-state index is 0.0365. The summed E-state index contributed by atoms with van der Waals surface area (Å²) in [4.78, 5) is 12.8. The van der Waals surface area contributed by atoms with Crippen LogP contribution in [0.25, 0.3) is 0 Å². The monoisotopic (exact) mass is 290 g/mol. The van der Waals surface area contributed by atoms with Crippen LogP contribution in [0.2, 0.25) is 0 Å². The summed E-state index contributed by atoms with van der Waals surface area (Å²) in [5.74, 6) is 2.99. The van der Waals surface area contributed by atoms with Crippen molar-refractivity contribution in [1.29, 1.82) is 0 Å². The molecule has 0 aromatic rings. The average Bonchev–Trinajstić information content (AvgIpc) is 2.47. The molecule has 0 radical (unpaired) electrons. The summed E-state index contributed by atoms with van der Waals surface area (Å²) in [5, 5.41) is 6.88. The van der Waals surface area contributed by atoms with Gasteiger partial charge in [0.15, 0.2) is 0 Å². The first kappa shape index (κ1) is 14.0. The first-order valence-corrected chi connectivity index (χ1v) is 9.25. The Balaban J connectivity index is 1.30. The van der Waals surface area contributed by atoms with Gasteiger partial charge in [0.05, 0.1) is 0 Å². The van der Waals surface area contributed by atoms with Crippen molar-refractivity contribution in [3.8, 4) is 0 Å². The number of hydrogen-bond acceptors (Lipinski definition) is 2. The van der Waals surface area contributed by atoms with Crippen molar-refractivity contribution >= 4 is 5.91 Å². The van der Waals surface area contributed by atoms with Gasteiger partial charge in [-0.15, -0.1) is 0 Å². The van der Waals surface area contributed by atoms with Gasteiger partial charge >= 0.3 is 0 Å². The third-order valence-corrected chi connectivity index (χ3v) is 6.71. The van der Waals surface area contributed by atoms with Crippen LogP contribution >= 0.6 is 0 Å². The standard InChI is InChI=1S/C18H30N2O/c21-17(20-6-4-16-3-1-2-5-19-16)18-10-13-7-14(11-18)9-15(8-13)12-18/h13-16,19H,1-12H2,(H,20,21). The third-order valence-electron chi connectivity index (χ3n) is 6.71. The lowest BCUT2D eigenvalue weighted by molar-refractivity contribution is -0.146. The Bertz CT molecular complexity index is 365. The van der Waals surface area contributed by atoms with Crippen molar-refractivity contribution in [3.05, 3.63) is 0 Å². The Morgan fingerprint density at radius 2 is 1.71 bits per heavy atom. The summed E-state index contributed by atoms with van der Waals surface area (Å²) in [6.07, 6.45) is 12.9. The lowest BCUT2D eigenvalue weighted by Gasteiger charge is -2.55. The Morgan fingerprint density at radius 1 is 1.05 bits per heavy atom. The summed E-state index contributed by atoms with van der Waals surface area (Å²) < 4.78 is 0. The number of rotatable bonds is 4. The third kappa shape index (κ3) is 2.74. The quantitative estimate of drug-likeness (QED) is 0.836. The maximum Gasteiger partial charge on any atom is 0.226 e. The molecule has 0 aromatic carbocycles. The molecule has 1 unspecified atom stereocenters. The second-order valence-corrected chi connectivity index (χ2v) is 8.39. The average molecular weight is 290 g/mol. The normalized spacial score (nSPS) is 44.8. The highest BCUT2D eigenvalue weighted by atomic mass is 16.2. The smallest absolute Gasteiger partial charge is 0.226 e. The van der Waals surface area contributed by atoms with Gasteiger partial charge in [0, 0.05) is 18.0 Å². The fraction of sp³-hybridized carbons (Fsp3) is 0.944. The largest absolute Gasteiger partial charge is 0.356 e. The van der Waals surface area contributed by atoms with E-state index in [0.717, 1.165) is 37.3 Å². The number of hydrogen-bond donors (Lipinski definition) is 2. The molecule has 4 saturated carbocycles. The first-order chi connectivity index (χ1) is 10.2. The number of carbonyl (C=O) groups excluding carboxylic acids is 1. The van der Waals surface area contributed by atoms with E-state index < -0.39 is 0 Å². The summed E-state index contributed by atoms with van der Waals surface area (Å²) in [5.41, 5.74) is 0.0365. The molecule has 1 aliphatic heterocycles. The van der Waals surface area contributed by atoms with Crippen molar-refractivity contribution in [1.82, 2.24) is 10.6 Å². The van der Waals surface area contributed by atoms with E-state index in [1.54, 1.807) is 0 Å². The zero-order chi connectivity index (χ0) is 14.3.